The second-order valence-electron chi connectivity index (χ2n) is 2.15. The van der Waals surface area contributed by atoms with Crippen molar-refractivity contribution >= 4 is 0 Å². The molecule has 0 saturated carbocycles. The van der Waals surface area contributed by atoms with Crippen LogP contribution in [0.5, 0.6) is 0 Å². The van der Waals surface area contributed by atoms with Crippen molar-refractivity contribution in [3.8, 4) is 0 Å². The van der Waals surface area contributed by atoms with Crippen molar-refractivity contribution in [2.24, 2.45) is 0 Å². The Labute approximate surface area is 71.8 Å². The summed E-state index contributed by atoms with van der Waals surface area (Å²) in [6.45, 7) is 3.30. The van der Waals surface area contributed by atoms with E-state index in [1.54, 1.807) is 0 Å². The molecule has 0 amide bonds. The molecule has 0 aromatic carbocycles. The molecule has 0 aliphatic rings. The van der Waals surface area contributed by atoms with Crippen LogP contribution in [-0.4, -0.2) is 9.55 Å². The molecule has 0 aliphatic carbocycles. The fourth-order valence-electron chi connectivity index (χ4n) is 0.760. The van der Waals surface area contributed by atoms with Crippen molar-refractivity contribution in [2.75, 3.05) is 0 Å². The molecule has 0 aliphatic heterocycles. The van der Waals surface area contributed by atoms with Gasteiger partial charge in [-0.25, -0.2) is 4.98 Å². The number of aromatic nitrogens is 2. The van der Waals surface area contributed by atoms with E-state index < -0.39 is 0 Å². The molecule has 10 heavy (non-hydrogen) atoms. The Kier molecular flexibility index (Phi) is 5.34. The average molecular weight is 183 g/mol. The number of hydrogen-bond acceptors (Lipinski definition) is 1. The quantitative estimate of drug-likeness (QED) is 0.697. The third kappa shape index (κ3) is 3.03. The van der Waals surface area contributed by atoms with E-state index in [-0.39, 0.29) is 16.8 Å². The Bertz CT molecular complexity index is 149. The van der Waals surface area contributed by atoms with Crippen LogP contribution in [0.3, 0.4) is 0 Å². The normalized spacial score (nSPS) is 8.90. The summed E-state index contributed by atoms with van der Waals surface area (Å²) in [5.41, 5.74) is 0. The van der Waals surface area contributed by atoms with Gasteiger partial charge in [-0.05, 0) is 6.42 Å². The Hall–Kier alpha value is -0.284. The first-order chi connectivity index (χ1) is 4.43. The van der Waals surface area contributed by atoms with Crippen LogP contribution in [0.2, 0.25) is 0 Å². The second kappa shape index (κ2) is 5.50. The van der Waals surface area contributed by atoms with Crippen molar-refractivity contribution in [3.63, 3.8) is 0 Å². The topological polar surface area (TPSA) is 17.8 Å². The van der Waals surface area contributed by atoms with Gasteiger partial charge in [0.2, 0.25) is 0 Å². The summed E-state index contributed by atoms with van der Waals surface area (Å²) in [4.78, 5) is 3.94. The summed E-state index contributed by atoms with van der Waals surface area (Å²) in [6, 6.07) is 0. The molecule has 2 nitrogen and oxygen atoms in total. The van der Waals surface area contributed by atoms with Crippen LogP contribution in [0, 0.1) is 0 Å². The predicted octanol–water partition coefficient (Wildman–Crippen LogP) is 1.68. The molecule has 0 saturated heterocycles. The molecule has 1 rings (SSSR count). The summed E-state index contributed by atoms with van der Waals surface area (Å²) in [6.07, 6.45) is 8.16. The second-order valence-corrected chi connectivity index (χ2v) is 2.15. The van der Waals surface area contributed by atoms with Gasteiger partial charge in [-0.2, -0.15) is 0 Å². The van der Waals surface area contributed by atoms with Crippen molar-refractivity contribution in [3.05, 3.63) is 18.7 Å². The Morgan fingerprint density at radius 1 is 1.50 bits per heavy atom. The Balaban J connectivity index is 0.000000810. The van der Waals surface area contributed by atoms with Gasteiger partial charge in [0.25, 0.3) is 0 Å². The van der Waals surface area contributed by atoms with Crippen molar-refractivity contribution in [1.82, 2.24) is 9.55 Å². The van der Waals surface area contributed by atoms with Crippen LogP contribution >= 0.6 is 0 Å². The minimum Gasteiger partial charge on any atom is -0.337 e. The molecule has 0 atom stereocenters. The predicted molar refractivity (Wildman–Crippen MR) is 37.1 cm³/mol. The third-order valence-corrected chi connectivity index (χ3v) is 1.33. The van der Waals surface area contributed by atoms with Crippen LogP contribution in [-0.2, 0) is 23.3 Å². The molecule has 3 heteroatoms. The molecule has 0 spiro atoms. The molecule has 1 aromatic rings. The van der Waals surface area contributed by atoms with Crippen molar-refractivity contribution in [1.29, 1.82) is 0 Å². The zero-order chi connectivity index (χ0) is 6.53. The van der Waals surface area contributed by atoms with E-state index in [4.69, 9.17) is 0 Å². The minimum atomic E-state index is 0. The number of unbranched alkanes of at least 4 members (excludes halogenated alkanes) is 1. The number of aryl methyl sites for hydroxylation is 1. The molecule has 1 radical (unpaired) electrons. The zero-order valence-corrected chi connectivity index (χ0v) is 7.12. The number of hydrogen-bond donors (Lipinski definition) is 0. The van der Waals surface area contributed by atoms with Crippen molar-refractivity contribution in [2.45, 2.75) is 26.3 Å². The summed E-state index contributed by atoms with van der Waals surface area (Å²) < 4.78 is 2.10. The molecular formula is C7H12CoN2. The molecule has 0 unspecified atom stereocenters. The van der Waals surface area contributed by atoms with E-state index in [9.17, 15) is 0 Å². The SMILES string of the molecule is CCCCn1ccnc1.[Co]. The molecule has 59 valence electrons. The van der Waals surface area contributed by atoms with Crippen LogP contribution in [0.4, 0.5) is 0 Å². The van der Waals surface area contributed by atoms with Crippen molar-refractivity contribution < 1.29 is 16.8 Å². The monoisotopic (exact) mass is 183 g/mol. The largest absolute Gasteiger partial charge is 0.337 e. The Morgan fingerprint density at radius 2 is 2.30 bits per heavy atom. The summed E-state index contributed by atoms with van der Waals surface area (Å²) in [5.74, 6) is 0. The van der Waals surface area contributed by atoms with E-state index >= 15 is 0 Å². The molecule has 0 N–H and O–H groups in total. The van der Waals surface area contributed by atoms with Gasteiger partial charge in [0.05, 0.1) is 6.33 Å². The maximum Gasteiger partial charge on any atom is 0.0945 e. The van der Waals surface area contributed by atoms with Crippen LogP contribution in [0.15, 0.2) is 18.7 Å². The fraction of sp³-hybridized carbons (Fsp3) is 0.571. The number of nitrogens with zero attached hydrogens (tertiary/aromatic N) is 2. The van der Waals surface area contributed by atoms with Gasteiger partial charge in [-0.15, -0.1) is 0 Å². The van der Waals surface area contributed by atoms with Gasteiger partial charge >= 0.3 is 0 Å². The number of imidazole rings is 1. The summed E-state index contributed by atoms with van der Waals surface area (Å²) >= 11 is 0. The first-order valence-corrected chi connectivity index (χ1v) is 3.39. The smallest absolute Gasteiger partial charge is 0.0945 e. The standard InChI is InChI=1S/C7H12N2.Co/c1-2-3-5-9-6-4-8-7-9;/h4,6-7H,2-3,5H2,1H3;. The van der Waals surface area contributed by atoms with Gasteiger partial charge in [-0.1, -0.05) is 13.3 Å². The van der Waals surface area contributed by atoms with Gasteiger partial charge < -0.3 is 4.57 Å². The van der Waals surface area contributed by atoms with Gasteiger partial charge in [0.1, 0.15) is 0 Å². The molecule has 1 aromatic heterocycles. The molecule has 0 fully saturated rings. The summed E-state index contributed by atoms with van der Waals surface area (Å²) in [5, 5.41) is 0. The van der Waals surface area contributed by atoms with Gasteiger partial charge in [0.15, 0.2) is 0 Å². The summed E-state index contributed by atoms with van der Waals surface area (Å²) in [7, 11) is 0. The van der Waals surface area contributed by atoms with E-state index in [2.05, 4.69) is 16.5 Å². The zero-order valence-electron chi connectivity index (χ0n) is 6.08. The molecular weight excluding hydrogens is 171 g/mol. The van der Waals surface area contributed by atoms with Crippen LogP contribution in [0.1, 0.15) is 19.8 Å². The van der Waals surface area contributed by atoms with E-state index in [0.717, 1.165) is 6.54 Å². The third-order valence-electron chi connectivity index (χ3n) is 1.33. The van der Waals surface area contributed by atoms with E-state index in [0.29, 0.717) is 0 Å². The maximum atomic E-state index is 3.94. The number of rotatable bonds is 3. The molecule has 0 bridgehead atoms. The molecule has 1 heterocycles. The Morgan fingerprint density at radius 3 is 2.80 bits per heavy atom. The minimum absolute atomic E-state index is 0. The van der Waals surface area contributed by atoms with Crippen LogP contribution < -0.4 is 0 Å². The van der Waals surface area contributed by atoms with Gasteiger partial charge in [-0.3, -0.25) is 0 Å². The fourth-order valence-corrected chi connectivity index (χ4v) is 0.760. The van der Waals surface area contributed by atoms with Gasteiger partial charge in [0, 0.05) is 35.7 Å². The first kappa shape index (κ1) is 9.72. The van der Waals surface area contributed by atoms with E-state index in [1.807, 2.05) is 18.7 Å². The first-order valence-electron chi connectivity index (χ1n) is 3.39. The van der Waals surface area contributed by atoms with Crippen LogP contribution in [0.25, 0.3) is 0 Å². The van der Waals surface area contributed by atoms with E-state index in [1.165, 1.54) is 12.8 Å². The maximum absolute atomic E-state index is 3.94. The average Bonchev–Trinajstić information content (AvgIpc) is 2.34.